The molecule has 31 heavy (non-hydrogen) atoms. The van der Waals surface area contributed by atoms with Crippen LogP contribution in [0.3, 0.4) is 0 Å². The average Bonchev–Trinajstić information content (AvgIpc) is 3.34. The van der Waals surface area contributed by atoms with Gasteiger partial charge in [-0.15, -0.1) is 0 Å². The molecule has 2 aliphatic rings. The Hall–Kier alpha value is -2.37. The van der Waals surface area contributed by atoms with Gasteiger partial charge in [-0.3, -0.25) is 9.69 Å². The van der Waals surface area contributed by atoms with Crippen LogP contribution in [-0.4, -0.2) is 66.4 Å². The van der Waals surface area contributed by atoms with Crippen LogP contribution in [0.2, 0.25) is 0 Å². The first-order valence-electron chi connectivity index (χ1n) is 11.8. The van der Waals surface area contributed by atoms with Crippen molar-refractivity contribution in [1.82, 2.24) is 14.7 Å². The number of nitrogens with one attached hydrogen (secondary N) is 1. The van der Waals surface area contributed by atoms with Gasteiger partial charge >= 0.3 is 0 Å². The number of carbonyl (C=O) groups excluding carboxylic acids is 1. The van der Waals surface area contributed by atoms with E-state index >= 15 is 0 Å². The third-order valence-corrected chi connectivity index (χ3v) is 6.68. The van der Waals surface area contributed by atoms with E-state index in [1.165, 1.54) is 29.5 Å². The Kier molecular flexibility index (Phi) is 7.60. The maximum Gasteiger partial charge on any atom is 0.242 e. The predicted octanol–water partition coefficient (Wildman–Crippen LogP) is 3.60. The molecule has 1 fully saturated rings. The van der Waals surface area contributed by atoms with Crippen LogP contribution in [0.25, 0.3) is 0 Å². The number of nitrogens with zero attached hydrogens (tertiary/aromatic N) is 3. The minimum Gasteiger partial charge on any atom is -0.376 e. The number of carbonyl (C=O) groups is 1. The highest BCUT2D eigenvalue weighted by molar-refractivity contribution is 5.81. The van der Waals surface area contributed by atoms with Gasteiger partial charge in [0.15, 0.2) is 0 Å². The molecule has 0 aliphatic carbocycles. The Morgan fingerprint density at radius 2 is 1.81 bits per heavy atom. The van der Waals surface area contributed by atoms with Crippen molar-refractivity contribution >= 4 is 11.6 Å². The zero-order valence-corrected chi connectivity index (χ0v) is 18.9. The molecule has 4 rings (SSSR count). The molecule has 166 valence electrons. The molecule has 2 aromatic carbocycles. The topological polar surface area (TPSA) is 38.8 Å². The maximum atomic E-state index is 13.2. The van der Waals surface area contributed by atoms with Gasteiger partial charge in [0.2, 0.25) is 5.91 Å². The molecular formula is C26H36N4O. The van der Waals surface area contributed by atoms with Crippen molar-refractivity contribution in [3.05, 3.63) is 65.2 Å². The van der Waals surface area contributed by atoms with E-state index in [1.54, 1.807) is 0 Å². The molecule has 2 aliphatic heterocycles. The van der Waals surface area contributed by atoms with E-state index in [0.717, 1.165) is 57.9 Å². The molecule has 5 heteroatoms. The minimum absolute atomic E-state index is 0.170. The van der Waals surface area contributed by atoms with Gasteiger partial charge in [0, 0.05) is 38.4 Å². The summed E-state index contributed by atoms with van der Waals surface area (Å²) in [5.41, 5.74) is 5.07. The second-order valence-corrected chi connectivity index (χ2v) is 8.77. The molecule has 0 spiro atoms. The number of fused-ring (bicyclic) bond motifs is 1. The van der Waals surface area contributed by atoms with Crippen LogP contribution >= 0.6 is 0 Å². The summed E-state index contributed by atoms with van der Waals surface area (Å²) in [6, 6.07) is 16.8. The number of hydrogen-bond acceptors (Lipinski definition) is 4. The summed E-state index contributed by atoms with van der Waals surface area (Å²) in [6.45, 7) is 10.4. The third-order valence-electron chi connectivity index (χ3n) is 6.68. The Bertz CT molecular complexity index is 848. The number of anilines is 1. The van der Waals surface area contributed by atoms with E-state index in [-0.39, 0.29) is 5.91 Å². The molecule has 1 saturated heterocycles. The molecule has 2 heterocycles. The van der Waals surface area contributed by atoms with E-state index in [9.17, 15) is 4.79 Å². The highest BCUT2D eigenvalue weighted by atomic mass is 16.2. The van der Waals surface area contributed by atoms with Crippen LogP contribution in [0.1, 0.15) is 36.5 Å². The molecule has 2 aromatic rings. The highest BCUT2D eigenvalue weighted by Gasteiger charge is 2.20. The van der Waals surface area contributed by atoms with E-state index in [4.69, 9.17) is 0 Å². The van der Waals surface area contributed by atoms with Gasteiger partial charge in [-0.05, 0) is 61.7 Å². The summed E-state index contributed by atoms with van der Waals surface area (Å²) in [7, 11) is 0. The van der Waals surface area contributed by atoms with Crippen molar-refractivity contribution in [1.29, 1.82) is 0 Å². The SMILES string of the molecule is CCN1CCc2cccc(NCC(=O)N(CCN3CCCC3)Cc3ccccc3)c2C1. The van der Waals surface area contributed by atoms with Gasteiger partial charge in [0.25, 0.3) is 0 Å². The van der Waals surface area contributed by atoms with Gasteiger partial charge in [0.1, 0.15) is 0 Å². The van der Waals surface area contributed by atoms with Crippen molar-refractivity contribution in [3.63, 3.8) is 0 Å². The first kappa shape index (κ1) is 21.8. The lowest BCUT2D eigenvalue weighted by molar-refractivity contribution is -0.130. The lowest BCUT2D eigenvalue weighted by Crippen LogP contribution is -2.40. The monoisotopic (exact) mass is 420 g/mol. The zero-order chi connectivity index (χ0) is 21.5. The van der Waals surface area contributed by atoms with E-state index in [0.29, 0.717) is 13.1 Å². The average molecular weight is 421 g/mol. The third kappa shape index (κ3) is 5.86. The van der Waals surface area contributed by atoms with Crippen molar-refractivity contribution in [2.45, 2.75) is 39.3 Å². The lowest BCUT2D eigenvalue weighted by Gasteiger charge is -2.30. The lowest BCUT2D eigenvalue weighted by atomic mass is 9.98. The number of amides is 1. The Balaban J connectivity index is 1.41. The quantitative estimate of drug-likeness (QED) is 0.673. The summed E-state index contributed by atoms with van der Waals surface area (Å²) >= 11 is 0. The number of likely N-dealkylation sites (tertiary alicyclic amines) is 1. The molecule has 0 atom stereocenters. The molecule has 1 N–H and O–H groups in total. The van der Waals surface area contributed by atoms with Crippen molar-refractivity contribution in [2.75, 3.05) is 51.1 Å². The summed E-state index contributed by atoms with van der Waals surface area (Å²) in [6.07, 6.45) is 3.65. The molecule has 0 radical (unpaired) electrons. The first-order valence-corrected chi connectivity index (χ1v) is 11.8. The standard InChI is InChI=1S/C26H36N4O/c1-2-28-16-13-23-11-8-12-25(24(23)21-28)27-19-26(31)30(18-17-29-14-6-7-15-29)20-22-9-4-3-5-10-22/h3-5,8-12,27H,2,6-7,13-21H2,1H3. The first-order chi connectivity index (χ1) is 15.2. The van der Waals surface area contributed by atoms with Gasteiger partial charge in [-0.2, -0.15) is 0 Å². The van der Waals surface area contributed by atoms with Crippen LogP contribution in [0.5, 0.6) is 0 Å². The Morgan fingerprint density at radius 3 is 2.58 bits per heavy atom. The predicted molar refractivity (Wildman–Crippen MR) is 127 cm³/mol. The van der Waals surface area contributed by atoms with Gasteiger partial charge in [-0.1, -0.05) is 49.4 Å². The highest BCUT2D eigenvalue weighted by Crippen LogP contribution is 2.26. The van der Waals surface area contributed by atoms with Gasteiger partial charge in [0.05, 0.1) is 6.54 Å². The largest absolute Gasteiger partial charge is 0.376 e. The fraction of sp³-hybridized carbons (Fsp3) is 0.500. The molecule has 1 amide bonds. The number of hydrogen-bond donors (Lipinski definition) is 1. The van der Waals surface area contributed by atoms with Crippen molar-refractivity contribution in [2.24, 2.45) is 0 Å². The van der Waals surface area contributed by atoms with Crippen molar-refractivity contribution in [3.8, 4) is 0 Å². The van der Waals surface area contributed by atoms with Gasteiger partial charge in [-0.25, -0.2) is 0 Å². The number of benzene rings is 2. The fourth-order valence-corrected chi connectivity index (χ4v) is 4.72. The number of rotatable bonds is 9. The van der Waals surface area contributed by atoms with E-state index < -0.39 is 0 Å². The molecule has 0 aromatic heterocycles. The fourth-order valence-electron chi connectivity index (χ4n) is 4.72. The molecular weight excluding hydrogens is 384 g/mol. The molecule has 5 nitrogen and oxygen atoms in total. The van der Waals surface area contributed by atoms with E-state index in [2.05, 4.69) is 52.4 Å². The molecule has 0 bridgehead atoms. The Labute approximate surface area is 187 Å². The van der Waals surface area contributed by atoms with Crippen LogP contribution in [-0.2, 0) is 24.3 Å². The normalized spacial score (nSPS) is 16.8. The number of likely N-dealkylation sites (N-methyl/N-ethyl adjacent to an activating group) is 1. The summed E-state index contributed by atoms with van der Waals surface area (Å²) < 4.78 is 0. The van der Waals surface area contributed by atoms with E-state index in [1.807, 2.05) is 23.1 Å². The molecule has 0 unspecified atom stereocenters. The van der Waals surface area contributed by atoms with Crippen molar-refractivity contribution < 1.29 is 4.79 Å². The van der Waals surface area contributed by atoms with Crippen LogP contribution in [0.4, 0.5) is 5.69 Å². The zero-order valence-electron chi connectivity index (χ0n) is 18.9. The summed E-state index contributed by atoms with van der Waals surface area (Å²) in [5.74, 6) is 0.170. The van der Waals surface area contributed by atoms with Crippen LogP contribution in [0.15, 0.2) is 48.5 Å². The summed E-state index contributed by atoms with van der Waals surface area (Å²) in [4.78, 5) is 20.2. The van der Waals surface area contributed by atoms with Crippen LogP contribution in [0, 0.1) is 0 Å². The maximum absolute atomic E-state index is 13.2. The second-order valence-electron chi connectivity index (χ2n) is 8.77. The van der Waals surface area contributed by atoms with Gasteiger partial charge < -0.3 is 15.1 Å². The Morgan fingerprint density at radius 1 is 1.00 bits per heavy atom. The molecule has 0 saturated carbocycles. The smallest absolute Gasteiger partial charge is 0.242 e. The minimum atomic E-state index is 0.170. The second kappa shape index (κ2) is 10.8. The summed E-state index contributed by atoms with van der Waals surface area (Å²) in [5, 5.41) is 3.48. The van der Waals surface area contributed by atoms with Crippen LogP contribution < -0.4 is 5.32 Å².